The smallest absolute Gasteiger partial charge is 0.316 e. The Morgan fingerprint density at radius 2 is 2.04 bits per heavy atom. The van der Waals surface area contributed by atoms with Gasteiger partial charge in [-0.05, 0) is 73.1 Å². The summed E-state index contributed by atoms with van der Waals surface area (Å²) in [6, 6.07) is 6.42. The van der Waals surface area contributed by atoms with Crippen LogP contribution in [0.5, 0.6) is 5.75 Å². The lowest BCUT2D eigenvalue weighted by atomic mass is 9.55. The molecule has 4 rings (SSSR count). The highest BCUT2D eigenvalue weighted by atomic mass is 16.5. The Hall–Kier alpha value is -1.84. The molecule has 134 valence electrons. The average Bonchev–Trinajstić information content (AvgIpc) is 2.91. The van der Waals surface area contributed by atoms with E-state index in [2.05, 4.69) is 19.1 Å². The SMILES string of the molecule is COC(=O)[C@@H]1C[C@H]2[C@H]3CCc4cc(OC)ccc4[C@H]3CC[C@]2(C)C1=O. The first-order valence-electron chi connectivity index (χ1n) is 9.28. The summed E-state index contributed by atoms with van der Waals surface area (Å²) in [5.74, 6) is 1.39. The maximum atomic E-state index is 12.9. The molecule has 0 heterocycles. The maximum Gasteiger partial charge on any atom is 0.316 e. The predicted molar refractivity (Wildman–Crippen MR) is 93.5 cm³/mol. The number of ether oxygens (including phenoxy) is 2. The van der Waals surface area contributed by atoms with Crippen LogP contribution in [-0.4, -0.2) is 26.0 Å². The van der Waals surface area contributed by atoms with Crippen molar-refractivity contribution in [2.75, 3.05) is 14.2 Å². The van der Waals surface area contributed by atoms with Crippen molar-refractivity contribution < 1.29 is 19.1 Å². The highest BCUT2D eigenvalue weighted by Gasteiger charge is 2.59. The van der Waals surface area contributed by atoms with Crippen molar-refractivity contribution in [1.82, 2.24) is 0 Å². The molecule has 1 aromatic rings. The van der Waals surface area contributed by atoms with Gasteiger partial charge in [-0.1, -0.05) is 13.0 Å². The molecule has 0 saturated heterocycles. The van der Waals surface area contributed by atoms with Crippen molar-refractivity contribution in [1.29, 1.82) is 0 Å². The molecule has 0 aliphatic heterocycles. The highest BCUT2D eigenvalue weighted by molar-refractivity contribution is 6.03. The Morgan fingerprint density at radius 3 is 2.76 bits per heavy atom. The van der Waals surface area contributed by atoms with Crippen LogP contribution in [0.2, 0.25) is 0 Å². The van der Waals surface area contributed by atoms with Crippen molar-refractivity contribution >= 4 is 11.8 Å². The second-order valence-electron chi connectivity index (χ2n) is 8.11. The van der Waals surface area contributed by atoms with Gasteiger partial charge in [-0.25, -0.2) is 0 Å². The third-order valence-electron chi connectivity index (χ3n) is 7.18. The van der Waals surface area contributed by atoms with E-state index >= 15 is 0 Å². The van der Waals surface area contributed by atoms with Crippen molar-refractivity contribution in [2.45, 2.75) is 44.9 Å². The zero-order valence-electron chi connectivity index (χ0n) is 15.2. The highest BCUT2D eigenvalue weighted by Crippen LogP contribution is 2.60. The Balaban J connectivity index is 1.67. The number of Topliss-reactive ketones (excluding diaryl/α,β-unsaturated/α-hetero) is 1. The molecule has 3 aliphatic rings. The standard InChI is InChI=1S/C21H26O4/c1-21-9-8-15-14-7-5-13(24-2)10-12(14)4-6-16(15)18(21)11-17(19(21)22)20(23)25-3/h5,7,10,15-18H,4,6,8-9,11H2,1-3H3/t15-,16+,17-,18+,21+/m1/s1. The average molecular weight is 342 g/mol. The molecule has 0 N–H and O–H groups in total. The number of hydrogen-bond donors (Lipinski definition) is 0. The molecule has 3 aliphatic carbocycles. The lowest BCUT2D eigenvalue weighted by Gasteiger charge is -2.48. The predicted octanol–water partition coefficient (Wildman–Crippen LogP) is 3.52. The first-order chi connectivity index (χ1) is 12.0. The fraction of sp³-hybridized carbons (Fsp3) is 0.619. The Kier molecular flexibility index (Phi) is 3.89. The molecule has 5 atom stereocenters. The van der Waals surface area contributed by atoms with E-state index in [0.717, 1.165) is 31.4 Å². The van der Waals surface area contributed by atoms with Gasteiger partial charge in [-0.15, -0.1) is 0 Å². The number of hydrogen-bond acceptors (Lipinski definition) is 4. The van der Waals surface area contributed by atoms with Crippen LogP contribution in [0, 0.1) is 23.2 Å². The zero-order valence-corrected chi connectivity index (χ0v) is 15.2. The Morgan fingerprint density at radius 1 is 1.24 bits per heavy atom. The van der Waals surface area contributed by atoms with Gasteiger partial charge in [0.2, 0.25) is 0 Å². The molecule has 0 unspecified atom stereocenters. The molecule has 0 bridgehead atoms. The van der Waals surface area contributed by atoms with E-state index in [0.29, 0.717) is 18.3 Å². The number of carbonyl (C=O) groups excluding carboxylic acids is 2. The fourth-order valence-corrected chi connectivity index (χ4v) is 5.85. The van der Waals surface area contributed by atoms with Gasteiger partial charge in [-0.2, -0.15) is 0 Å². The summed E-state index contributed by atoms with van der Waals surface area (Å²) < 4.78 is 10.3. The van der Waals surface area contributed by atoms with Gasteiger partial charge in [-0.3, -0.25) is 9.59 Å². The van der Waals surface area contributed by atoms with E-state index in [9.17, 15) is 9.59 Å². The summed E-state index contributed by atoms with van der Waals surface area (Å²) in [4.78, 5) is 25.0. The molecular weight excluding hydrogens is 316 g/mol. The van der Waals surface area contributed by atoms with E-state index in [1.807, 2.05) is 6.07 Å². The minimum absolute atomic E-state index is 0.114. The van der Waals surface area contributed by atoms with E-state index < -0.39 is 5.92 Å². The Labute approximate surface area is 148 Å². The van der Waals surface area contributed by atoms with Gasteiger partial charge in [0.05, 0.1) is 14.2 Å². The van der Waals surface area contributed by atoms with Crippen LogP contribution in [0.3, 0.4) is 0 Å². The lowest BCUT2D eigenvalue weighted by molar-refractivity contribution is -0.149. The summed E-state index contributed by atoms with van der Waals surface area (Å²) in [7, 11) is 3.09. The summed E-state index contributed by atoms with van der Waals surface area (Å²) in [5, 5.41) is 0. The summed E-state index contributed by atoms with van der Waals surface area (Å²) >= 11 is 0. The van der Waals surface area contributed by atoms with Crippen LogP contribution in [0.4, 0.5) is 0 Å². The number of aryl methyl sites for hydroxylation is 1. The monoisotopic (exact) mass is 342 g/mol. The number of esters is 1. The first-order valence-corrected chi connectivity index (χ1v) is 9.28. The van der Waals surface area contributed by atoms with Crippen LogP contribution >= 0.6 is 0 Å². The molecular formula is C21H26O4. The fourth-order valence-electron chi connectivity index (χ4n) is 5.85. The van der Waals surface area contributed by atoms with Gasteiger partial charge in [0, 0.05) is 5.41 Å². The van der Waals surface area contributed by atoms with Gasteiger partial charge in [0.15, 0.2) is 5.78 Å². The van der Waals surface area contributed by atoms with Crippen molar-refractivity contribution in [3.05, 3.63) is 29.3 Å². The minimum Gasteiger partial charge on any atom is -0.497 e. The maximum absolute atomic E-state index is 12.9. The molecule has 4 nitrogen and oxygen atoms in total. The number of methoxy groups -OCH3 is 2. The summed E-state index contributed by atoms with van der Waals surface area (Å²) in [6.07, 6.45) is 4.67. The van der Waals surface area contributed by atoms with E-state index in [1.54, 1.807) is 7.11 Å². The Bertz CT molecular complexity index is 725. The normalized spacial score (nSPS) is 36.2. The zero-order chi connectivity index (χ0) is 17.8. The minimum atomic E-state index is -0.559. The molecule has 0 aromatic heterocycles. The molecule has 25 heavy (non-hydrogen) atoms. The summed E-state index contributed by atoms with van der Waals surface area (Å²) in [6.45, 7) is 2.09. The van der Waals surface area contributed by atoms with E-state index in [4.69, 9.17) is 9.47 Å². The number of benzene rings is 1. The van der Waals surface area contributed by atoms with Crippen LogP contribution in [0.15, 0.2) is 18.2 Å². The van der Waals surface area contributed by atoms with Crippen molar-refractivity contribution in [3.8, 4) is 5.75 Å². The van der Waals surface area contributed by atoms with Crippen LogP contribution in [0.1, 0.15) is 49.7 Å². The molecule has 2 fully saturated rings. The number of carbonyl (C=O) groups is 2. The summed E-state index contributed by atoms with van der Waals surface area (Å²) in [5.41, 5.74) is 2.45. The second-order valence-corrected chi connectivity index (χ2v) is 8.11. The number of rotatable bonds is 2. The van der Waals surface area contributed by atoms with Gasteiger partial charge < -0.3 is 9.47 Å². The van der Waals surface area contributed by atoms with Gasteiger partial charge >= 0.3 is 5.97 Å². The topological polar surface area (TPSA) is 52.6 Å². The second kappa shape index (κ2) is 5.86. The van der Waals surface area contributed by atoms with E-state index in [1.165, 1.54) is 18.2 Å². The van der Waals surface area contributed by atoms with Gasteiger partial charge in [0.25, 0.3) is 0 Å². The largest absolute Gasteiger partial charge is 0.497 e. The van der Waals surface area contributed by atoms with Crippen molar-refractivity contribution in [2.24, 2.45) is 23.2 Å². The molecule has 0 radical (unpaired) electrons. The number of ketones is 1. The third kappa shape index (κ3) is 2.33. The molecule has 0 amide bonds. The molecule has 0 spiro atoms. The molecule has 1 aromatic carbocycles. The molecule has 4 heteroatoms. The molecule has 2 saturated carbocycles. The third-order valence-corrected chi connectivity index (χ3v) is 7.18. The lowest BCUT2D eigenvalue weighted by Crippen LogP contribution is -2.42. The van der Waals surface area contributed by atoms with Crippen LogP contribution in [-0.2, 0) is 20.7 Å². The van der Waals surface area contributed by atoms with Crippen molar-refractivity contribution in [3.63, 3.8) is 0 Å². The number of fused-ring (bicyclic) bond motifs is 5. The van der Waals surface area contributed by atoms with Gasteiger partial charge in [0.1, 0.15) is 11.7 Å². The first kappa shape index (κ1) is 16.6. The van der Waals surface area contributed by atoms with Crippen LogP contribution < -0.4 is 4.74 Å². The quantitative estimate of drug-likeness (QED) is 0.609. The van der Waals surface area contributed by atoms with Crippen LogP contribution in [0.25, 0.3) is 0 Å². The van der Waals surface area contributed by atoms with E-state index in [-0.39, 0.29) is 23.1 Å².